The molecule has 0 aromatic carbocycles. The summed E-state index contributed by atoms with van der Waals surface area (Å²) in [5.74, 6) is 0. The zero-order chi connectivity index (χ0) is 15.2. The van der Waals surface area contributed by atoms with Gasteiger partial charge in [0.15, 0.2) is 0 Å². The van der Waals surface area contributed by atoms with Crippen molar-refractivity contribution in [2.75, 3.05) is 6.54 Å². The SMILES string of the molecule is C=C=CC(C=CCCCC)=C(C=CC)CC(C)NCC. The molecule has 0 aromatic heterocycles. The number of allylic oxidation sites excluding steroid dienone is 6. The van der Waals surface area contributed by atoms with Crippen LogP contribution in [0.2, 0.25) is 0 Å². The first kappa shape index (κ1) is 18.7. The third-order valence-corrected chi connectivity index (χ3v) is 3.10. The van der Waals surface area contributed by atoms with Crippen molar-refractivity contribution >= 4 is 0 Å². The lowest BCUT2D eigenvalue weighted by Gasteiger charge is -2.14. The van der Waals surface area contributed by atoms with Crippen LogP contribution in [0.4, 0.5) is 0 Å². The van der Waals surface area contributed by atoms with Gasteiger partial charge in [0.1, 0.15) is 0 Å². The fourth-order valence-corrected chi connectivity index (χ4v) is 2.12. The van der Waals surface area contributed by atoms with Crippen molar-refractivity contribution in [1.29, 1.82) is 0 Å². The molecule has 0 heterocycles. The monoisotopic (exact) mass is 273 g/mol. The molecule has 0 amide bonds. The van der Waals surface area contributed by atoms with Crippen LogP contribution in [-0.2, 0) is 0 Å². The van der Waals surface area contributed by atoms with Gasteiger partial charge in [-0.2, -0.15) is 0 Å². The number of hydrogen-bond acceptors (Lipinski definition) is 1. The summed E-state index contributed by atoms with van der Waals surface area (Å²) in [5, 5.41) is 3.47. The number of unbranched alkanes of at least 4 members (excludes halogenated alkanes) is 2. The van der Waals surface area contributed by atoms with E-state index in [1.165, 1.54) is 24.0 Å². The van der Waals surface area contributed by atoms with E-state index in [-0.39, 0.29) is 0 Å². The van der Waals surface area contributed by atoms with Crippen LogP contribution in [0.15, 0.2) is 53.8 Å². The zero-order valence-electron chi connectivity index (χ0n) is 13.7. The lowest BCUT2D eigenvalue weighted by atomic mass is 9.99. The van der Waals surface area contributed by atoms with E-state index in [9.17, 15) is 0 Å². The molecule has 1 nitrogen and oxygen atoms in total. The fourth-order valence-electron chi connectivity index (χ4n) is 2.12. The van der Waals surface area contributed by atoms with Gasteiger partial charge in [0.2, 0.25) is 0 Å². The van der Waals surface area contributed by atoms with Gasteiger partial charge in [-0.15, -0.1) is 5.73 Å². The largest absolute Gasteiger partial charge is 0.314 e. The Morgan fingerprint density at radius 3 is 2.60 bits per heavy atom. The second-order valence-electron chi connectivity index (χ2n) is 5.04. The maximum atomic E-state index is 3.71. The molecule has 0 spiro atoms. The predicted octanol–water partition coefficient (Wildman–Crippen LogP) is 5.33. The first-order valence-corrected chi connectivity index (χ1v) is 7.81. The average Bonchev–Trinajstić information content (AvgIpc) is 2.42. The van der Waals surface area contributed by atoms with Gasteiger partial charge in [-0.25, -0.2) is 0 Å². The molecule has 0 aromatic rings. The Morgan fingerprint density at radius 2 is 2.05 bits per heavy atom. The van der Waals surface area contributed by atoms with E-state index in [4.69, 9.17) is 0 Å². The quantitative estimate of drug-likeness (QED) is 0.322. The van der Waals surface area contributed by atoms with Crippen LogP contribution >= 0.6 is 0 Å². The lowest BCUT2D eigenvalue weighted by Crippen LogP contribution is -2.25. The van der Waals surface area contributed by atoms with Crippen LogP contribution in [0.25, 0.3) is 0 Å². The maximum absolute atomic E-state index is 3.71. The molecule has 0 fully saturated rings. The summed E-state index contributed by atoms with van der Waals surface area (Å²) < 4.78 is 0. The van der Waals surface area contributed by atoms with Crippen molar-refractivity contribution in [2.24, 2.45) is 0 Å². The first-order chi connectivity index (χ1) is 9.69. The van der Waals surface area contributed by atoms with Crippen LogP contribution in [0.1, 0.15) is 53.4 Å². The fraction of sp³-hybridized carbons (Fsp3) is 0.526. The van der Waals surface area contributed by atoms with Gasteiger partial charge in [0.25, 0.3) is 0 Å². The molecule has 0 aliphatic carbocycles. The van der Waals surface area contributed by atoms with Crippen molar-refractivity contribution < 1.29 is 0 Å². The normalized spacial score (nSPS) is 14.4. The third kappa shape index (κ3) is 8.74. The number of hydrogen-bond donors (Lipinski definition) is 1. The van der Waals surface area contributed by atoms with E-state index in [1.54, 1.807) is 0 Å². The summed E-state index contributed by atoms with van der Waals surface area (Å²) in [7, 11) is 0. The molecule has 0 rings (SSSR count). The first-order valence-electron chi connectivity index (χ1n) is 7.81. The molecule has 0 aliphatic rings. The molecule has 1 N–H and O–H groups in total. The van der Waals surface area contributed by atoms with Crippen LogP contribution in [0, 0.1) is 0 Å². The van der Waals surface area contributed by atoms with Crippen molar-refractivity contribution in [3.05, 3.63) is 53.8 Å². The average molecular weight is 273 g/mol. The van der Waals surface area contributed by atoms with Gasteiger partial charge in [-0.3, -0.25) is 0 Å². The predicted molar refractivity (Wildman–Crippen MR) is 92.0 cm³/mol. The Balaban J connectivity index is 5.11. The topological polar surface area (TPSA) is 12.0 Å². The summed E-state index contributed by atoms with van der Waals surface area (Å²) in [4.78, 5) is 0. The van der Waals surface area contributed by atoms with E-state index in [0.29, 0.717) is 6.04 Å². The molecule has 0 saturated carbocycles. The third-order valence-electron chi connectivity index (χ3n) is 3.10. The van der Waals surface area contributed by atoms with Gasteiger partial charge in [-0.1, -0.05) is 57.6 Å². The van der Waals surface area contributed by atoms with Crippen LogP contribution < -0.4 is 5.32 Å². The molecule has 20 heavy (non-hydrogen) atoms. The Kier molecular flexibility index (Phi) is 11.9. The Hall–Kier alpha value is -1.30. The van der Waals surface area contributed by atoms with Crippen LogP contribution in [0.3, 0.4) is 0 Å². The summed E-state index contributed by atoms with van der Waals surface area (Å²) in [5.41, 5.74) is 5.47. The van der Waals surface area contributed by atoms with E-state index in [2.05, 4.69) is 69.6 Å². The highest BCUT2D eigenvalue weighted by molar-refractivity contribution is 5.40. The molecule has 0 radical (unpaired) electrons. The smallest absolute Gasteiger partial charge is 0.00792 e. The minimum Gasteiger partial charge on any atom is -0.314 e. The highest BCUT2D eigenvalue weighted by atomic mass is 14.9. The van der Waals surface area contributed by atoms with E-state index >= 15 is 0 Å². The molecule has 1 unspecified atom stereocenters. The van der Waals surface area contributed by atoms with E-state index in [1.807, 2.05) is 6.08 Å². The van der Waals surface area contributed by atoms with Crippen molar-refractivity contribution in [1.82, 2.24) is 5.32 Å². The second kappa shape index (κ2) is 12.7. The molecule has 1 atom stereocenters. The van der Waals surface area contributed by atoms with Gasteiger partial charge in [-0.05, 0) is 50.5 Å². The van der Waals surface area contributed by atoms with Crippen molar-refractivity contribution in [2.45, 2.75) is 59.4 Å². The number of nitrogens with one attached hydrogen (secondary N) is 1. The summed E-state index contributed by atoms with van der Waals surface area (Å²) in [6, 6.07) is 0.475. The highest BCUT2D eigenvalue weighted by Crippen LogP contribution is 2.16. The Bertz CT molecular complexity index is 379. The minimum absolute atomic E-state index is 0.475. The maximum Gasteiger partial charge on any atom is 0.00792 e. The molecule has 1 heteroatoms. The van der Waals surface area contributed by atoms with Gasteiger partial charge < -0.3 is 5.32 Å². The highest BCUT2D eigenvalue weighted by Gasteiger charge is 2.05. The second-order valence-corrected chi connectivity index (χ2v) is 5.04. The summed E-state index contributed by atoms with van der Waals surface area (Å²) in [6.07, 6.45) is 15.4. The van der Waals surface area contributed by atoms with Gasteiger partial charge in [0.05, 0.1) is 0 Å². The number of rotatable bonds is 10. The van der Waals surface area contributed by atoms with Gasteiger partial charge >= 0.3 is 0 Å². The molecule has 112 valence electrons. The van der Waals surface area contributed by atoms with Crippen molar-refractivity contribution in [3.8, 4) is 0 Å². The van der Waals surface area contributed by atoms with Crippen LogP contribution in [0.5, 0.6) is 0 Å². The lowest BCUT2D eigenvalue weighted by molar-refractivity contribution is 0.566. The van der Waals surface area contributed by atoms with E-state index in [0.717, 1.165) is 19.4 Å². The molecule has 0 bridgehead atoms. The Labute approximate surface area is 125 Å². The summed E-state index contributed by atoms with van der Waals surface area (Å²) >= 11 is 0. The Morgan fingerprint density at radius 1 is 1.30 bits per heavy atom. The van der Waals surface area contributed by atoms with Crippen molar-refractivity contribution in [3.63, 3.8) is 0 Å². The minimum atomic E-state index is 0.475. The standard InChI is InChI=1S/C19H31N/c1-6-10-11-12-15-18(13-7-2)19(14-8-3)16-17(5)20-9-4/h8,12-15,17,20H,2,6,9-11,16H2,1,3-5H3. The zero-order valence-corrected chi connectivity index (χ0v) is 13.7. The molecular formula is C19H31N. The van der Waals surface area contributed by atoms with Crippen LogP contribution in [-0.4, -0.2) is 12.6 Å². The van der Waals surface area contributed by atoms with Gasteiger partial charge in [0, 0.05) is 6.04 Å². The molecule has 0 saturated heterocycles. The molecular weight excluding hydrogens is 242 g/mol. The summed E-state index contributed by atoms with van der Waals surface area (Å²) in [6.45, 7) is 13.4. The van der Waals surface area contributed by atoms with E-state index < -0.39 is 0 Å². The molecule has 0 aliphatic heterocycles.